The molecule has 0 bridgehead atoms. The second-order valence-corrected chi connectivity index (χ2v) is 8.41. The van der Waals surface area contributed by atoms with Crippen LogP contribution in [-0.4, -0.2) is 73.3 Å². The van der Waals surface area contributed by atoms with E-state index in [-0.39, 0.29) is 5.91 Å². The van der Waals surface area contributed by atoms with Crippen LogP contribution in [0.3, 0.4) is 0 Å². The summed E-state index contributed by atoms with van der Waals surface area (Å²) >= 11 is 0. The van der Waals surface area contributed by atoms with Crippen molar-refractivity contribution in [2.75, 3.05) is 57.4 Å². The molecule has 1 N–H and O–H groups in total. The van der Waals surface area contributed by atoms with Crippen LogP contribution in [0.2, 0.25) is 0 Å². The highest BCUT2D eigenvalue weighted by Gasteiger charge is 2.43. The second kappa shape index (κ2) is 10.0. The maximum atomic E-state index is 13.3. The molecular weight excluding hydrogens is 435 g/mol. The van der Waals surface area contributed by atoms with Crippen LogP contribution < -0.4 is 10.2 Å². The van der Waals surface area contributed by atoms with E-state index >= 15 is 0 Å². The van der Waals surface area contributed by atoms with E-state index in [0.29, 0.717) is 50.7 Å². The van der Waals surface area contributed by atoms with E-state index in [1.807, 2.05) is 0 Å². The molecule has 3 heterocycles. The van der Waals surface area contributed by atoms with Crippen LogP contribution in [0.4, 0.5) is 19.1 Å². The average Bonchev–Trinajstić information content (AvgIpc) is 2.85. The highest BCUT2D eigenvalue weighted by Crippen LogP contribution is 2.38. The maximum absolute atomic E-state index is 13.3. The summed E-state index contributed by atoms with van der Waals surface area (Å²) in [6.07, 6.45) is -0.293. The van der Waals surface area contributed by atoms with Gasteiger partial charge < -0.3 is 15.0 Å². The van der Waals surface area contributed by atoms with Crippen LogP contribution in [-0.2, 0) is 21.1 Å². The smallest absolute Gasteiger partial charge is 0.381 e. The minimum atomic E-state index is -4.45. The third-order valence-corrected chi connectivity index (χ3v) is 6.44. The molecule has 0 unspecified atom stereocenters. The Morgan fingerprint density at radius 3 is 2.42 bits per heavy atom. The fraction of sp³-hybridized carbons (Fsp3) is 0.522. The van der Waals surface area contributed by atoms with Gasteiger partial charge in [0.25, 0.3) is 0 Å². The summed E-state index contributed by atoms with van der Waals surface area (Å²) < 4.78 is 45.2. The molecule has 33 heavy (non-hydrogen) atoms. The SMILES string of the molecule is O=C(NCCN1CCN(c2ncccn2)CC1)C1(c2cccc(C(F)(F)F)c2)CCOCC1. The molecule has 0 radical (unpaired) electrons. The van der Waals surface area contributed by atoms with Crippen LogP contribution in [0.15, 0.2) is 42.7 Å². The van der Waals surface area contributed by atoms with E-state index < -0.39 is 17.2 Å². The predicted octanol–water partition coefficient (Wildman–Crippen LogP) is 2.48. The van der Waals surface area contributed by atoms with E-state index in [1.54, 1.807) is 24.5 Å². The predicted molar refractivity (Wildman–Crippen MR) is 117 cm³/mol. The summed E-state index contributed by atoms with van der Waals surface area (Å²) in [6.45, 7) is 5.02. The van der Waals surface area contributed by atoms with Gasteiger partial charge >= 0.3 is 6.18 Å². The molecule has 4 rings (SSSR count). The van der Waals surface area contributed by atoms with Crippen molar-refractivity contribution in [2.24, 2.45) is 0 Å². The molecule has 0 saturated carbocycles. The average molecular weight is 464 g/mol. The molecule has 2 aliphatic rings. The van der Waals surface area contributed by atoms with Crippen molar-refractivity contribution in [3.8, 4) is 0 Å². The third-order valence-electron chi connectivity index (χ3n) is 6.44. The Morgan fingerprint density at radius 2 is 1.76 bits per heavy atom. The van der Waals surface area contributed by atoms with Gasteiger partial charge in [-0.15, -0.1) is 0 Å². The van der Waals surface area contributed by atoms with E-state index in [9.17, 15) is 18.0 Å². The third kappa shape index (κ3) is 5.44. The lowest BCUT2D eigenvalue weighted by molar-refractivity contribution is -0.138. The zero-order chi connectivity index (χ0) is 23.3. The number of carbonyl (C=O) groups is 1. The molecule has 2 aliphatic heterocycles. The molecule has 1 amide bonds. The lowest BCUT2D eigenvalue weighted by Gasteiger charge is -2.37. The zero-order valence-electron chi connectivity index (χ0n) is 18.4. The Kier molecular flexibility index (Phi) is 7.14. The van der Waals surface area contributed by atoms with Crippen LogP contribution >= 0.6 is 0 Å². The molecule has 0 spiro atoms. The van der Waals surface area contributed by atoms with Gasteiger partial charge in [0, 0.05) is 64.9 Å². The number of anilines is 1. The molecule has 0 aliphatic carbocycles. The van der Waals surface area contributed by atoms with Crippen LogP contribution in [0.25, 0.3) is 0 Å². The van der Waals surface area contributed by atoms with Gasteiger partial charge in [-0.1, -0.05) is 18.2 Å². The second-order valence-electron chi connectivity index (χ2n) is 8.41. The molecule has 1 aromatic carbocycles. The van der Waals surface area contributed by atoms with Crippen LogP contribution in [0.5, 0.6) is 0 Å². The number of carbonyl (C=O) groups excluding carboxylic acids is 1. The first kappa shape index (κ1) is 23.4. The first-order valence-corrected chi connectivity index (χ1v) is 11.2. The number of aromatic nitrogens is 2. The van der Waals surface area contributed by atoms with E-state index in [0.717, 1.165) is 38.3 Å². The van der Waals surface area contributed by atoms with E-state index in [2.05, 4.69) is 25.1 Å². The number of ether oxygens (including phenoxy) is 1. The standard InChI is InChI=1S/C23H28F3N5O2/c24-23(25,26)19-4-1-3-18(17-19)22(5-15-33-16-6-22)20(32)27-9-10-30-11-13-31(14-12-30)21-28-7-2-8-29-21/h1-4,7-8,17H,5-6,9-16H2,(H,27,32). The zero-order valence-corrected chi connectivity index (χ0v) is 18.4. The monoisotopic (exact) mass is 463 g/mol. The quantitative estimate of drug-likeness (QED) is 0.710. The van der Waals surface area contributed by atoms with Gasteiger partial charge in [0.2, 0.25) is 11.9 Å². The number of piperazine rings is 1. The Balaban J connectivity index is 1.35. The Labute approximate surface area is 191 Å². The van der Waals surface area contributed by atoms with Crippen molar-refractivity contribution < 1.29 is 22.7 Å². The van der Waals surface area contributed by atoms with Gasteiger partial charge in [-0.2, -0.15) is 13.2 Å². The van der Waals surface area contributed by atoms with Gasteiger partial charge in [0.15, 0.2) is 0 Å². The Morgan fingerprint density at radius 1 is 1.06 bits per heavy atom. The van der Waals surface area contributed by atoms with E-state index in [4.69, 9.17) is 4.74 Å². The van der Waals surface area contributed by atoms with Gasteiger partial charge in [-0.05, 0) is 30.5 Å². The highest BCUT2D eigenvalue weighted by molar-refractivity contribution is 5.88. The number of amides is 1. The fourth-order valence-corrected chi connectivity index (χ4v) is 4.48. The molecule has 0 atom stereocenters. The minimum absolute atomic E-state index is 0.235. The maximum Gasteiger partial charge on any atom is 0.416 e. The normalized spacial score (nSPS) is 19.3. The van der Waals surface area contributed by atoms with Gasteiger partial charge in [-0.25, -0.2) is 9.97 Å². The molecular formula is C23H28F3N5O2. The van der Waals surface area contributed by atoms with Crippen LogP contribution in [0.1, 0.15) is 24.0 Å². The first-order chi connectivity index (χ1) is 15.9. The van der Waals surface area contributed by atoms with Crippen molar-refractivity contribution in [3.05, 3.63) is 53.9 Å². The Bertz CT molecular complexity index is 927. The molecule has 2 aromatic rings. The van der Waals surface area contributed by atoms with Crippen molar-refractivity contribution in [3.63, 3.8) is 0 Å². The van der Waals surface area contributed by atoms with Crippen molar-refractivity contribution in [1.29, 1.82) is 0 Å². The van der Waals surface area contributed by atoms with E-state index in [1.165, 1.54) is 6.07 Å². The lowest BCUT2D eigenvalue weighted by Crippen LogP contribution is -2.52. The number of rotatable bonds is 6. The largest absolute Gasteiger partial charge is 0.416 e. The molecule has 1 aromatic heterocycles. The number of nitrogens with zero attached hydrogens (tertiary/aromatic N) is 4. The molecule has 2 saturated heterocycles. The fourth-order valence-electron chi connectivity index (χ4n) is 4.48. The number of alkyl halides is 3. The molecule has 7 nitrogen and oxygen atoms in total. The number of nitrogens with one attached hydrogen (secondary N) is 1. The van der Waals surface area contributed by atoms with Crippen molar-refractivity contribution in [1.82, 2.24) is 20.2 Å². The number of hydrogen-bond donors (Lipinski definition) is 1. The number of hydrogen-bond acceptors (Lipinski definition) is 6. The summed E-state index contributed by atoms with van der Waals surface area (Å²) in [5.74, 6) is 0.481. The van der Waals surface area contributed by atoms with Gasteiger partial charge in [0.1, 0.15) is 0 Å². The first-order valence-electron chi connectivity index (χ1n) is 11.2. The summed E-state index contributed by atoms with van der Waals surface area (Å²) in [4.78, 5) is 26.2. The number of benzene rings is 1. The van der Waals surface area contributed by atoms with Crippen molar-refractivity contribution >= 4 is 11.9 Å². The summed E-state index contributed by atoms with van der Waals surface area (Å²) in [6, 6.07) is 6.92. The topological polar surface area (TPSA) is 70.6 Å². The summed E-state index contributed by atoms with van der Waals surface area (Å²) in [5, 5.41) is 2.98. The van der Waals surface area contributed by atoms with Crippen LogP contribution in [0, 0.1) is 0 Å². The molecule has 10 heteroatoms. The molecule has 178 valence electrons. The number of halogens is 3. The summed E-state index contributed by atoms with van der Waals surface area (Å²) in [5.41, 5.74) is -1.35. The molecule has 2 fully saturated rings. The Hall–Kier alpha value is -2.72. The van der Waals surface area contributed by atoms with Gasteiger partial charge in [0.05, 0.1) is 11.0 Å². The van der Waals surface area contributed by atoms with Gasteiger partial charge in [-0.3, -0.25) is 9.69 Å². The highest BCUT2D eigenvalue weighted by atomic mass is 19.4. The minimum Gasteiger partial charge on any atom is -0.381 e. The summed E-state index contributed by atoms with van der Waals surface area (Å²) in [7, 11) is 0. The van der Waals surface area contributed by atoms with Crippen molar-refractivity contribution in [2.45, 2.75) is 24.4 Å². The lowest BCUT2D eigenvalue weighted by atomic mass is 9.73.